The Morgan fingerprint density at radius 3 is 2.87 bits per heavy atom. The summed E-state index contributed by atoms with van der Waals surface area (Å²) in [4.78, 5) is 11.5. The fraction of sp³-hybridized carbons (Fsp3) is 0.357. The monoisotopic (exact) mass is 198 g/mol. The van der Waals surface area contributed by atoms with E-state index < -0.39 is 0 Å². The molecule has 0 bridgehead atoms. The fourth-order valence-corrected chi connectivity index (χ4v) is 3.03. The van der Waals surface area contributed by atoms with Crippen molar-refractivity contribution in [3.63, 3.8) is 0 Å². The van der Waals surface area contributed by atoms with Crippen LogP contribution in [-0.2, 0) is 16.6 Å². The zero-order chi connectivity index (χ0) is 10.5. The molecule has 15 heavy (non-hydrogen) atoms. The lowest BCUT2D eigenvalue weighted by atomic mass is 9.69. The molecule has 1 unspecified atom stereocenters. The summed E-state index contributed by atoms with van der Waals surface area (Å²) in [7, 11) is 0. The van der Waals surface area contributed by atoms with Gasteiger partial charge in [0.2, 0.25) is 0 Å². The van der Waals surface area contributed by atoms with Crippen LogP contribution in [0, 0.1) is 0 Å². The van der Waals surface area contributed by atoms with E-state index in [1.165, 1.54) is 16.7 Å². The quantitative estimate of drug-likeness (QED) is 0.626. The first-order valence-electron chi connectivity index (χ1n) is 5.52. The molecular formula is C14H14O. The van der Waals surface area contributed by atoms with Gasteiger partial charge in [0.25, 0.3) is 0 Å². The highest BCUT2D eigenvalue weighted by Crippen LogP contribution is 2.46. The van der Waals surface area contributed by atoms with Crippen LogP contribution in [0.1, 0.15) is 30.9 Å². The molecule has 0 radical (unpaired) electrons. The number of carbonyl (C=O) groups is 1. The number of aryl methyl sites for hydroxylation is 1. The molecule has 2 aliphatic carbocycles. The highest BCUT2D eigenvalue weighted by molar-refractivity contribution is 5.96. The smallest absolute Gasteiger partial charge is 0.156 e. The summed E-state index contributed by atoms with van der Waals surface area (Å²) >= 11 is 0. The van der Waals surface area contributed by atoms with Gasteiger partial charge < -0.3 is 0 Å². The summed E-state index contributed by atoms with van der Waals surface area (Å²) in [6.45, 7) is 2.21. The summed E-state index contributed by atoms with van der Waals surface area (Å²) in [6.07, 6.45) is 4.68. The molecule has 1 aromatic carbocycles. The molecule has 0 spiro atoms. The summed E-state index contributed by atoms with van der Waals surface area (Å²) in [5.41, 5.74) is 4.14. The molecule has 0 saturated carbocycles. The molecular weight excluding hydrogens is 184 g/mol. The number of benzene rings is 1. The van der Waals surface area contributed by atoms with Crippen LogP contribution < -0.4 is 0 Å². The third-order valence-electron chi connectivity index (χ3n) is 3.85. The van der Waals surface area contributed by atoms with Crippen molar-refractivity contribution in [1.82, 2.24) is 0 Å². The van der Waals surface area contributed by atoms with Crippen LogP contribution in [0.3, 0.4) is 0 Å². The molecule has 2 aliphatic rings. The Balaban J connectivity index is 2.21. The van der Waals surface area contributed by atoms with E-state index in [1.807, 2.05) is 6.08 Å². The Hall–Kier alpha value is -1.37. The minimum absolute atomic E-state index is 0.00588. The van der Waals surface area contributed by atoms with Gasteiger partial charge in [-0.15, -0.1) is 0 Å². The largest absolute Gasteiger partial charge is 0.295 e. The highest BCUT2D eigenvalue weighted by Gasteiger charge is 2.41. The molecule has 0 heterocycles. The summed E-state index contributed by atoms with van der Waals surface area (Å²) < 4.78 is 0. The minimum atomic E-state index is 0.00588. The van der Waals surface area contributed by atoms with Crippen molar-refractivity contribution in [2.45, 2.75) is 31.6 Å². The lowest BCUT2D eigenvalue weighted by Gasteiger charge is -2.34. The van der Waals surface area contributed by atoms with Crippen LogP contribution in [0.2, 0.25) is 0 Å². The number of ketones is 1. The second kappa shape index (κ2) is 2.82. The summed E-state index contributed by atoms with van der Waals surface area (Å²) in [6, 6.07) is 8.55. The van der Waals surface area contributed by atoms with Crippen LogP contribution in [0.25, 0.3) is 0 Å². The number of fused-ring (bicyclic) bond motifs is 3. The van der Waals surface area contributed by atoms with E-state index in [0.717, 1.165) is 12.8 Å². The highest BCUT2D eigenvalue weighted by atomic mass is 16.1. The predicted octanol–water partition coefficient (Wildman–Crippen LogP) is 2.79. The van der Waals surface area contributed by atoms with Crippen LogP contribution in [-0.4, -0.2) is 5.78 Å². The molecule has 0 fully saturated rings. The van der Waals surface area contributed by atoms with Crippen molar-refractivity contribution >= 4 is 5.78 Å². The van der Waals surface area contributed by atoms with E-state index in [9.17, 15) is 4.79 Å². The van der Waals surface area contributed by atoms with Crippen LogP contribution in [0.15, 0.2) is 35.9 Å². The van der Waals surface area contributed by atoms with Crippen molar-refractivity contribution in [3.05, 3.63) is 47.0 Å². The molecule has 1 aromatic rings. The number of hydrogen-bond donors (Lipinski definition) is 0. The number of carbonyl (C=O) groups excluding carboxylic acids is 1. The van der Waals surface area contributed by atoms with Gasteiger partial charge in [-0.3, -0.25) is 4.79 Å². The maximum absolute atomic E-state index is 11.5. The SMILES string of the molecule is CC12CC(=O)C=C1CCc1ccccc12. The van der Waals surface area contributed by atoms with Crippen molar-refractivity contribution in [3.8, 4) is 0 Å². The van der Waals surface area contributed by atoms with Gasteiger partial charge >= 0.3 is 0 Å². The average molecular weight is 198 g/mol. The Bertz CT molecular complexity index is 470. The average Bonchev–Trinajstić information content (AvgIpc) is 2.53. The molecule has 1 heteroatoms. The Morgan fingerprint density at radius 1 is 1.20 bits per heavy atom. The van der Waals surface area contributed by atoms with Crippen LogP contribution >= 0.6 is 0 Å². The first kappa shape index (κ1) is 8.90. The van der Waals surface area contributed by atoms with Gasteiger partial charge in [-0.05, 0) is 30.0 Å². The molecule has 3 rings (SSSR count). The van der Waals surface area contributed by atoms with Crippen molar-refractivity contribution < 1.29 is 4.79 Å². The molecule has 0 amide bonds. The molecule has 0 N–H and O–H groups in total. The molecule has 76 valence electrons. The van der Waals surface area contributed by atoms with Gasteiger partial charge in [0, 0.05) is 11.8 Å². The van der Waals surface area contributed by atoms with E-state index in [4.69, 9.17) is 0 Å². The predicted molar refractivity (Wildman–Crippen MR) is 59.8 cm³/mol. The molecule has 1 nitrogen and oxygen atoms in total. The van der Waals surface area contributed by atoms with Crippen molar-refractivity contribution in [1.29, 1.82) is 0 Å². The van der Waals surface area contributed by atoms with Crippen molar-refractivity contribution in [2.24, 2.45) is 0 Å². The zero-order valence-electron chi connectivity index (χ0n) is 8.92. The second-order valence-electron chi connectivity index (χ2n) is 4.80. The first-order valence-corrected chi connectivity index (χ1v) is 5.52. The zero-order valence-corrected chi connectivity index (χ0v) is 8.92. The molecule has 0 saturated heterocycles. The Labute approximate surface area is 89.8 Å². The topological polar surface area (TPSA) is 17.1 Å². The molecule has 0 aliphatic heterocycles. The second-order valence-corrected chi connectivity index (χ2v) is 4.80. The third-order valence-corrected chi connectivity index (χ3v) is 3.85. The molecule has 0 aromatic heterocycles. The standard InChI is InChI=1S/C14H14O/c1-14-9-12(15)8-11(14)7-6-10-4-2-3-5-13(10)14/h2-5,8H,6-7,9H2,1H3. The van der Waals surface area contributed by atoms with E-state index >= 15 is 0 Å². The maximum Gasteiger partial charge on any atom is 0.156 e. The van der Waals surface area contributed by atoms with E-state index in [0.29, 0.717) is 12.2 Å². The van der Waals surface area contributed by atoms with Gasteiger partial charge in [0.05, 0.1) is 0 Å². The van der Waals surface area contributed by atoms with Crippen LogP contribution in [0.4, 0.5) is 0 Å². The van der Waals surface area contributed by atoms with E-state index in [1.54, 1.807) is 0 Å². The normalized spacial score (nSPS) is 28.3. The van der Waals surface area contributed by atoms with Crippen LogP contribution in [0.5, 0.6) is 0 Å². The van der Waals surface area contributed by atoms with Gasteiger partial charge in [0.15, 0.2) is 5.78 Å². The lowest BCUT2D eigenvalue weighted by molar-refractivity contribution is -0.114. The third kappa shape index (κ3) is 1.12. The van der Waals surface area contributed by atoms with Gasteiger partial charge in [-0.1, -0.05) is 36.8 Å². The van der Waals surface area contributed by atoms with E-state index in [-0.39, 0.29) is 5.41 Å². The number of allylic oxidation sites excluding steroid dienone is 2. The first-order chi connectivity index (χ1) is 7.20. The molecule has 1 atom stereocenters. The fourth-order valence-electron chi connectivity index (χ4n) is 3.03. The number of rotatable bonds is 0. The summed E-state index contributed by atoms with van der Waals surface area (Å²) in [5.74, 6) is 0.296. The lowest BCUT2D eigenvalue weighted by Crippen LogP contribution is -2.27. The van der Waals surface area contributed by atoms with Crippen molar-refractivity contribution in [2.75, 3.05) is 0 Å². The maximum atomic E-state index is 11.5. The summed E-state index contributed by atoms with van der Waals surface area (Å²) in [5, 5.41) is 0. The van der Waals surface area contributed by atoms with Gasteiger partial charge in [0.1, 0.15) is 0 Å². The van der Waals surface area contributed by atoms with Gasteiger partial charge in [-0.25, -0.2) is 0 Å². The van der Waals surface area contributed by atoms with Gasteiger partial charge in [-0.2, -0.15) is 0 Å². The Morgan fingerprint density at radius 2 is 2.00 bits per heavy atom. The number of hydrogen-bond acceptors (Lipinski definition) is 1. The minimum Gasteiger partial charge on any atom is -0.295 e. The van der Waals surface area contributed by atoms with E-state index in [2.05, 4.69) is 31.2 Å². The Kier molecular flexibility index (Phi) is 1.67.